The Balaban J connectivity index is -0.0000000224. The van der Waals surface area contributed by atoms with Crippen molar-refractivity contribution in [3.8, 4) is 0 Å². The second kappa shape index (κ2) is 33.6. The second-order valence-corrected chi connectivity index (χ2v) is 8.57. The Morgan fingerprint density at radius 3 is 0.200 bits per heavy atom. The summed E-state index contributed by atoms with van der Waals surface area (Å²) in [6.45, 7) is 0. The van der Waals surface area contributed by atoms with E-state index >= 15 is 0 Å². The van der Waals surface area contributed by atoms with Crippen LogP contribution in [0.4, 0.5) is 0 Å². The van der Waals surface area contributed by atoms with Gasteiger partial charge in [-0.25, -0.2) is 0 Å². The van der Waals surface area contributed by atoms with Crippen molar-refractivity contribution in [2.45, 2.75) is 0 Å². The van der Waals surface area contributed by atoms with Crippen molar-refractivity contribution in [3.63, 3.8) is 0 Å². The van der Waals surface area contributed by atoms with Gasteiger partial charge in [-0.3, -0.25) is 58.9 Å². The minimum atomic E-state index is -5.17. The molecular weight excluding hydrogens is 952 g/mol. The first-order valence-electron chi connectivity index (χ1n) is 4.67. The summed E-state index contributed by atoms with van der Waals surface area (Å²) in [7, 11) is -36.2. The van der Waals surface area contributed by atoms with Gasteiger partial charge in [0.2, 0.25) is 0 Å². The molecule has 0 fully saturated rings. The van der Waals surface area contributed by atoms with E-state index in [1.165, 1.54) is 0 Å². The van der Waals surface area contributed by atoms with Crippen molar-refractivity contribution >= 4 is 72.8 Å². The molecule has 0 bridgehead atoms. The molecule has 0 saturated carbocycles. The first kappa shape index (κ1) is 78.3. The van der Waals surface area contributed by atoms with Crippen molar-refractivity contribution in [2.75, 3.05) is 0 Å². The average Bonchev–Trinajstić information content (AvgIpc) is 2.06. The Hall–Kier alpha value is 1.69. The van der Waals surface area contributed by atoms with Gasteiger partial charge in [-0.1, -0.05) is 0 Å². The summed E-state index contributed by atoms with van der Waals surface area (Å²) < 4.78 is 239. The number of rotatable bonds is 0. The van der Waals surface area contributed by atoms with Crippen LogP contribution in [0.2, 0.25) is 0 Å². The van der Waals surface area contributed by atoms with Gasteiger partial charge in [0.05, 0.1) is 0 Å². The molecular formula is Fe5O28S7. The molecule has 4 radical (unpaired) electrons. The molecule has 0 amide bonds. The number of hydrogen-bond donors (Lipinski definition) is 0. The Labute approximate surface area is 278 Å². The molecule has 0 aliphatic carbocycles. The molecule has 250 valence electrons. The zero-order valence-corrected chi connectivity index (χ0v) is 27.3. The van der Waals surface area contributed by atoms with Crippen LogP contribution in [-0.2, 0) is 158 Å². The summed E-state index contributed by atoms with van der Waals surface area (Å²) in [5, 5.41) is 0. The minimum absolute atomic E-state index is 0. The smallest absolute Gasteiger partial charge is 0.759 e. The molecule has 0 atom stereocenters. The van der Waals surface area contributed by atoms with Crippen LogP contribution < -0.4 is 0 Å². The fourth-order valence-corrected chi connectivity index (χ4v) is 0. The second-order valence-electron chi connectivity index (χ2n) is 2.86. The van der Waals surface area contributed by atoms with Gasteiger partial charge >= 0.3 is 85.3 Å². The van der Waals surface area contributed by atoms with E-state index in [9.17, 15) is 0 Å². The Morgan fingerprint density at radius 2 is 0.200 bits per heavy atom. The Bertz CT molecular complexity index is 924. The largest absolute Gasteiger partial charge is 3.00 e. The Kier molecular flexibility index (Phi) is 65.7. The van der Waals surface area contributed by atoms with Crippen LogP contribution in [0.5, 0.6) is 0 Å². The standard InChI is InChI=1S/5Fe.7H2O4S/c;;;;;7*1-5(2,3)4/h;;;;;7*(H2,1,2,3,4)/q+2;4*+3;;;;;;;/p-14. The van der Waals surface area contributed by atoms with Gasteiger partial charge in [-0.2, -0.15) is 0 Å². The van der Waals surface area contributed by atoms with E-state index in [1.54, 1.807) is 0 Å². The zero-order chi connectivity index (χ0) is 31.5. The van der Waals surface area contributed by atoms with E-state index in [-0.39, 0.29) is 85.3 Å². The van der Waals surface area contributed by atoms with Gasteiger partial charge in [0.1, 0.15) is 0 Å². The predicted octanol–water partition coefficient (Wildman–Crippen LogP) is -9.38. The van der Waals surface area contributed by atoms with Crippen LogP contribution in [0.1, 0.15) is 0 Å². The van der Waals surface area contributed by atoms with E-state index in [4.69, 9.17) is 123 Å². The van der Waals surface area contributed by atoms with Crippen molar-refractivity contribution in [3.05, 3.63) is 0 Å². The summed E-state index contributed by atoms with van der Waals surface area (Å²) >= 11 is 0. The van der Waals surface area contributed by atoms with Gasteiger partial charge in [0, 0.05) is 72.8 Å². The molecule has 0 aromatic carbocycles. The third kappa shape index (κ3) is 20900. The van der Waals surface area contributed by atoms with Crippen molar-refractivity contribution in [1.82, 2.24) is 0 Å². The van der Waals surface area contributed by atoms with Gasteiger partial charge in [0.25, 0.3) is 0 Å². The van der Waals surface area contributed by atoms with Crippen LogP contribution in [-0.4, -0.2) is 123 Å². The maximum absolute atomic E-state index is 8.52. The molecule has 0 saturated heterocycles. The zero-order valence-electron chi connectivity index (χ0n) is 16.1. The van der Waals surface area contributed by atoms with Crippen LogP contribution in [0.3, 0.4) is 0 Å². The molecule has 0 spiro atoms. The molecule has 0 aromatic rings. The molecule has 40 heavy (non-hydrogen) atoms. The molecule has 40 heteroatoms. The van der Waals surface area contributed by atoms with Crippen LogP contribution in [0.25, 0.3) is 0 Å². The SMILES string of the molecule is O=S(=O)([O-])[O-].O=S(=O)([O-])[O-].O=S(=O)([O-])[O-].O=S(=O)([O-])[O-].O=S(=O)([O-])[O-].O=S(=O)([O-])[O-].O=S(=O)([O-])[O-].[Fe+2].[Fe+3].[Fe+3].[Fe+3].[Fe+3]. The maximum Gasteiger partial charge on any atom is 3.00 e. The normalized spacial score (nSPS) is 10.2. The minimum Gasteiger partial charge on any atom is -0.759 e. The van der Waals surface area contributed by atoms with Crippen molar-refractivity contribution in [1.29, 1.82) is 0 Å². The molecule has 0 aromatic heterocycles. The molecule has 0 aliphatic rings. The van der Waals surface area contributed by atoms with E-state index in [2.05, 4.69) is 0 Å². The van der Waals surface area contributed by atoms with Gasteiger partial charge < -0.3 is 63.7 Å². The third-order valence-corrected chi connectivity index (χ3v) is 0. The first-order valence-corrected chi connectivity index (χ1v) is 14.0. The quantitative estimate of drug-likeness (QED) is 0.124. The summed E-state index contributed by atoms with van der Waals surface area (Å²) in [6.07, 6.45) is 0. The van der Waals surface area contributed by atoms with Crippen LogP contribution in [0.15, 0.2) is 0 Å². The van der Waals surface area contributed by atoms with Crippen molar-refractivity contribution in [2.24, 2.45) is 0 Å². The summed E-state index contributed by atoms with van der Waals surface area (Å²) in [6, 6.07) is 0. The van der Waals surface area contributed by atoms with Crippen LogP contribution >= 0.6 is 0 Å². The molecule has 28 nitrogen and oxygen atoms in total. The third-order valence-electron chi connectivity index (χ3n) is 0. The fourth-order valence-electron chi connectivity index (χ4n) is 0. The fraction of sp³-hybridized carbons (Fsp3) is 0. The summed E-state index contributed by atoms with van der Waals surface area (Å²) in [4.78, 5) is 0. The van der Waals surface area contributed by atoms with Crippen LogP contribution in [0, 0.1) is 0 Å². The van der Waals surface area contributed by atoms with E-state index in [0.29, 0.717) is 0 Å². The van der Waals surface area contributed by atoms with E-state index in [0.717, 1.165) is 0 Å². The van der Waals surface area contributed by atoms with Crippen molar-refractivity contribution < 1.29 is 208 Å². The molecule has 0 unspecified atom stereocenters. The molecule has 0 aliphatic heterocycles. The monoisotopic (exact) mass is 951 g/mol. The van der Waals surface area contributed by atoms with E-state index in [1.807, 2.05) is 0 Å². The van der Waals surface area contributed by atoms with E-state index < -0.39 is 72.8 Å². The Morgan fingerprint density at radius 1 is 0.200 bits per heavy atom. The molecule has 0 heterocycles. The van der Waals surface area contributed by atoms with Gasteiger partial charge in [0.15, 0.2) is 0 Å². The molecule has 0 rings (SSSR count). The topological polar surface area (TPSA) is 562 Å². The van der Waals surface area contributed by atoms with Gasteiger partial charge in [-0.05, 0) is 0 Å². The summed E-state index contributed by atoms with van der Waals surface area (Å²) in [5.74, 6) is 0. The first-order chi connectivity index (χ1) is 14.0. The molecule has 0 N–H and O–H groups in total. The maximum atomic E-state index is 8.52. The predicted molar refractivity (Wildman–Crippen MR) is 73.3 cm³/mol. The average molecular weight is 952 g/mol. The number of hydrogen-bond acceptors (Lipinski definition) is 28. The van der Waals surface area contributed by atoms with Gasteiger partial charge in [-0.15, -0.1) is 0 Å². The summed E-state index contributed by atoms with van der Waals surface area (Å²) in [5.41, 5.74) is 0.